The number of hydrogen-bond acceptors (Lipinski definition) is 3. The maximum atomic E-state index is 5.32. The summed E-state index contributed by atoms with van der Waals surface area (Å²) in [5.41, 5.74) is 1.64. The van der Waals surface area contributed by atoms with E-state index in [1.165, 1.54) is 31.4 Å². The summed E-state index contributed by atoms with van der Waals surface area (Å²) < 4.78 is 5.32. The van der Waals surface area contributed by atoms with E-state index in [-0.39, 0.29) is 24.0 Å². The lowest BCUT2D eigenvalue weighted by Gasteiger charge is -2.30. The minimum atomic E-state index is 0. The number of anilines is 1. The molecule has 1 aromatic carbocycles. The van der Waals surface area contributed by atoms with Gasteiger partial charge in [0.2, 0.25) is 0 Å². The summed E-state index contributed by atoms with van der Waals surface area (Å²) in [6, 6.07) is 10.5. The van der Waals surface area contributed by atoms with Crippen LogP contribution in [-0.2, 0) is 4.74 Å². The number of guanidine groups is 1. The number of aliphatic imine (C=N–C) groups is 1. The Morgan fingerprint density at radius 2 is 1.89 bits per heavy atom. The molecule has 154 valence electrons. The molecule has 0 spiro atoms. The van der Waals surface area contributed by atoms with Gasteiger partial charge >= 0.3 is 0 Å². The Balaban J connectivity index is 0.00000364. The van der Waals surface area contributed by atoms with Gasteiger partial charge in [0.05, 0.1) is 0 Å². The van der Waals surface area contributed by atoms with Gasteiger partial charge in [0.25, 0.3) is 0 Å². The van der Waals surface area contributed by atoms with Gasteiger partial charge in [-0.2, -0.15) is 0 Å². The molecule has 0 bridgehead atoms. The van der Waals surface area contributed by atoms with Crippen molar-refractivity contribution in [3.8, 4) is 0 Å². The van der Waals surface area contributed by atoms with Crippen LogP contribution < -0.4 is 15.5 Å². The van der Waals surface area contributed by atoms with Crippen LogP contribution in [0.3, 0.4) is 0 Å². The van der Waals surface area contributed by atoms with E-state index in [0.29, 0.717) is 5.41 Å². The van der Waals surface area contributed by atoms with Crippen LogP contribution in [0.1, 0.15) is 38.5 Å². The molecule has 1 saturated carbocycles. The molecule has 27 heavy (non-hydrogen) atoms. The average Bonchev–Trinajstić information content (AvgIpc) is 3.15. The maximum Gasteiger partial charge on any atom is 0.190 e. The van der Waals surface area contributed by atoms with Crippen molar-refractivity contribution in [1.29, 1.82) is 0 Å². The van der Waals surface area contributed by atoms with Gasteiger partial charge in [-0.25, -0.2) is 0 Å². The first-order valence-corrected chi connectivity index (χ1v) is 9.89. The van der Waals surface area contributed by atoms with Crippen molar-refractivity contribution in [2.24, 2.45) is 10.4 Å². The lowest BCUT2D eigenvalue weighted by Crippen LogP contribution is -2.44. The molecule has 1 aliphatic carbocycles. The van der Waals surface area contributed by atoms with Crippen LogP contribution in [0, 0.1) is 5.41 Å². The SMILES string of the molecule is CN=C(NCCCN(C)c1ccccc1)NCC1(CCOC)CCCC1.I. The number of hydrogen-bond donors (Lipinski definition) is 2. The van der Waals surface area contributed by atoms with Crippen molar-refractivity contribution in [2.75, 3.05) is 52.3 Å². The number of benzene rings is 1. The smallest absolute Gasteiger partial charge is 0.190 e. The average molecular weight is 488 g/mol. The highest BCUT2D eigenvalue weighted by molar-refractivity contribution is 14.0. The first-order valence-electron chi connectivity index (χ1n) is 9.89. The third kappa shape index (κ3) is 8.25. The molecule has 5 nitrogen and oxygen atoms in total. The third-order valence-corrected chi connectivity index (χ3v) is 5.51. The summed E-state index contributed by atoms with van der Waals surface area (Å²) in [6.45, 7) is 3.77. The van der Waals surface area contributed by atoms with Gasteiger partial charge in [-0.05, 0) is 43.2 Å². The fourth-order valence-electron chi connectivity index (χ4n) is 3.79. The Labute approximate surface area is 182 Å². The molecule has 2 N–H and O–H groups in total. The molecule has 0 unspecified atom stereocenters. The number of halogens is 1. The molecular formula is C21H37IN4O. The lowest BCUT2D eigenvalue weighted by molar-refractivity contribution is 0.138. The molecule has 1 fully saturated rings. The second kappa shape index (κ2) is 13.2. The molecule has 0 aliphatic heterocycles. The van der Waals surface area contributed by atoms with E-state index in [1.54, 1.807) is 7.11 Å². The number of nitrogens with zero attached hydrogens (tertiary/aromatic N) is 2. The zero-order valence-corrected chi connectivity index (χ0v) is 19.5. The molecule has 0 heterocycles. The second-order valence-electron chi connectivity index (χ2n) is 7.41. The van der Waals surface area contributed by atoms with Crippen molar-refractivity contribution in [1.82, 2.24) is 10.6 Å². The standard InChI is InChI=1S/C21H36N4O.HI/c1-22-20(24-18-21(14-17-26-3)12-7-8-13-21)23-15-9-16-25(2)19-10-5-4-6-11-19;/h4-6,10-11H,7-9,12-18H2,1-3H3,(H2,22,23,24);1H. The number of methoxy groups -OCH3 is 1. The van der Waals surface area contributed by atoms with Crippen LogP contribution in [0.2, 0.25) is 0 Å². The predicted molar refractivity (Wildman–Crippen MR) is 127 cm³/mol. The van der Waals surface area contributed by atoms with Crippen LogP contribution in [0.4, 0.5) is 5.69 Å². The minimum Gasteiger partial charge on any atom is -0.385 e. The highest BCUT2D eigenvalue weighted by Gasteiger charge is 2.33. The topological polar surface area (TPSA) is 48.9 Å². The van der Waals surface area contributed by atoms with Crippen LogP contribution in [-0.4, -0.2) is 53.4 Å². The fraction of sp³-hybridized carbons (Fsp3) is 0.667. The Kier molecular flexibility index (Phi) is 11.7. The third-order valence-electron chi connectivity index (χ3n) is 5.51. The molecule has 2 rings (SSSR count). The zero-order chi connectivity index (χ0) is 18.7. The van der Waals surface area contributed by atoms with E-state index in [4.69, 9.17) is 4.74 Å². The second-order valence-corrected chi connectivity index (χ2v) is 7.41. The van der Waals surface area contributed by atoms with E-state index in [1.807, 2.05) is 7.05 Å². The molecule has 0 radical (unpaired) electrons. The van der Waals surface area contributed by atoms with Gasteiger partial charge in [-0.15, -0.1) is 24.0 Å². The van der Waals surface area contributed by atoms with Crippen molar-refractivity contribution in [3.63, 3.8) is 0 Å². The summed E-state index contributed by atoms with van der Waals surface area (Å²) in [5.74, 6) is 0.913. The summed E-state index contributed by atoms with van der Waals surface area (Å²) in [4.78, 5) is 6.67. The fourth-order valence-corrected chi connectivity index (χ4v) is 3.79. The molecule has 6 heteroatoms. The Hall–Kier alpha value is -1.02. The molecule has 0 aromatic heterocycles. The molecule has 0 amide bonds. The van der Waals surface area contributed by atoms with Gasteiger partial charge in [-0.1, -0.05) is 31.0 Å². The van der Waals surface area contributed by atoms with Gasteiger partial charge in [0.1, 0.15) is 0 Å². The quantitative estimate of drug-likeness (QED) is 0.227. The van der Waals surface area contributed by atoms with Gasteiger partial charge in [-0.3, -0.25) is 4.99 Å². The Bertz CT molecular complexity index is 532. The zero-order valence-electron chi connectivity index (χ0n) is 17.2. The lowest BCUT2D eigenvalue weighted by atomic mass is 9.83. The van der Waals surface area contributed by atoms with Crippen LogP contribution in [0.15, 0.2) is 35.3 Å². The van der Waals surface area contributed by atoms with Crippen molar-refractivity contribution < 1.29 is 4.74 Å². The molecule has 0 saturated heterocycles. The highest BCUT2D eigenvalue weighted by Crippen LogP contribution is 2.40. The minimum absolute atomic E-state index is 0. The number of rotatable bonds is 10. The monoisotopic (exact) mass is 488 g/mol. The van der Waals surface area contributed by atoms with E-state index >= 15 is 0 Å². The van der Waals surface area contributed by atoms with E-state index in [2.05, 4.69) is 57.9 Å². The Morgan fingerprint density at radius 3 is 2.52 bits per heavy atom. The number of para-hydroxylation sites is 1. The molecule has 1 aromatic rings. The van der Waals surface area contributed by atoms with Gasteiger partial charge in [0, 0.05) is 53.1 Å². The molecule has 1 aliphatic rings. The van der Waals surface area contributed by atoms with E-state index in [9.17, 15) is 0 Å². The number of nitrogens with one attached hydrogen (secondary N) is 2. The summed E-state index contributed by atoms with van der Waals surface area (Å²) in [6.07, 6.45) is 7.47. The van der Waals surface area contributed by atoms with Gasteiger partial charge < -0.3 is 20.3 Å². The normalized spacial score (nSPS) is 15.9. The van der Waals surface area contributed by atoms with Gasteiger partial charge in [0.15, 0.2) is 5.96 Å². The summed E-state index contributed by atoms with van der Waals surface area (Å²) in [5, 5.41) is 7.01. The summed E-state index contributed by atoms with van der Waals surface area (Å²) >= 11 is 0. The van der Waals surface area contributed by atoms with E-state index in [0.717, 1.165) is 45.0 Å². The Morgan fingerprint density at radius 1 is 1.19 bits per heavy atom. The molecule has 0 atom stereocenters. The van der Waals surface area contributed by atoms with Crippen molar-refractivity contribution in [3.05, 3.63) is 30.3 Å². The van der Waals surface area contributed by atoms with E-state index < -0.39 is 0 Å². The highest BCUT2D eigenvalue weighted by atomic mass is 127. The maximum absolute atomic E-state index is 5.32. The first-order chi connectivity index (χ1) is 12.7. The first kappa shape index (κ1) is 24.0. The number of ether oxygens (including phenoxy) is 1. The molecular weight excluding hydrogens is 451 g/mol. The van der Waals surface area contributed by atoms with Crippen LogP contribution in [0.5, 0.6) is 0 Å². The van der Waals surface area contributed by atoms with Crippen molar-refractivity contribution in [2.45, 2.75) is 38.5 Å². The van der Waals surface area contributed by atoms with Crippen molar-refractivity contribution >= 4 is 35.6 Å². The largest absolute Gasteiger partial charge is 0.385 e. The van der Waals surface area contributed by atoms with Crippen LogP contribution in [0.25, 0.3) is 0 Å². The summed E-state index contributed by atoms with van der Waals surface area (Å²) in [7, 11) is 5.78. The van der Waals surface area contributed by atoms with Crippen LogP contribution >= 0.6 is 24.0 Å². The predicted octanol–water partition coefficient (Wildman–Crippen LogP) is 3.89.